The van der Waals surface area contributed by atoms with Crippen molar-refractivity contribution in [2.24, 2.45) is 5.92 Å². The van der Waals surface area contributed by atoms with E-state index in [9.17, 15) is 18.7 Å². The van der Waals surface area contributed by atoms with Crippen LogP contribution in [-0.2, 0) is 4.79 Å². The largest absolute Gasteiger partial charge is 0.480 e. The van der Waals surface area contributed by atoms with Gasteiger partial charge in [-0.3, -0.25) is 0 Å². The number of anilines is 1. The molecule has 0 amide bonds. The summed E-state index contributed by atoms with van der Waals surface area (Å²) in [6.45, 7) is 2.26. The van der Waals surface area contributed by atoms with Crippen LogP contribution in [0.5, 0.6) is 0 Å². The molecule has 1 saturated heterocycles. The monoisotopic (exact) mass is 294 g/mol. The topological polar surface area (TPSA) is 64.3 Å². The van der Waals surface area contributed by atoms with Crippen molar-refractivity contribution in [1.29, 1.82) is 5.26 Å². The summed E-state index contributed by atoms with van der Waals surface area (Å²) in [6, 6.07) is 2.60. The lowest BCUT2D eigenvalue weighted by molar-refractivity contribution is -0.139. The molecule has 2 rings (SSSR count). The molecule has 0 aliphatic carbocycles. The van der Waals surface area contributed by atoms with Gasteiger partial charge in [0.15, 0.2) is 11.6 Å². The number of carbonyl (C=O) groups is 1. The fourth-order valence-corrected chi connectivity index (χ4v) is 2.82. The van der Waals surface area contributed by atoms with Gasteiger partial charge in [0.05, 0.1) is 11.6 Å². The molecule has 1 heterocycles. The number of hydrogen-bond acceptors (Lipinski definition) is 3. The Hall–Kier alpha value is -2.16. The minimum Gasteiger partial charge on any atom is -0.480 e. The highest BCUT2D eigenvalue weighted by atomic mass is 19.1. The zero-order chi connectivity index (χ0) is 15.6. The predicted octanol–water partition coefficient (Wildman–Crippen LogP) is 2.92. The molecule has 0 radical (unpaired) electrons. The highest BCUT2D eigenvalue weighted by Crippen LogP contribution is 2.33. The average Bonchev–Trinajstić information content (AvgIpc) is 2.46. The van der Waals surface area contributed by atoms with Crippen molar-refractivity contribution >= 4 is 11.7 Å². The number of halogens is 2. The summed E-state index contributed by atoms with van der Waals surface area (Å²) in [5, 5.41) is 18.0. The molecule has 1 aromatic rings. The number of nitrogens with zero attached hydrogens (tertiary/aromatic N) is 2. The van der Waals surface area contributed by atoms with Crippen LogP contribution in [-0.4, -0.2) is 23.7 Å². The highest BCUT2D eigenvalue weighted by Gasteiger charge is 2.35. The molecule has 0 saturated carbocycles. The van der Waals surface area contributed by atoms with Crippen LogP contribution >= 0.6 is 0 Å². The number of aliphatic carboxylic acids is 1. The minimum atomic E-state index is -1.09. The van der Waals surface area contributed by atoms with E-state index < -0.39 is 23.6 Å². The predicted molar refractivity (Wildman–Crippen MR) is 72.9 cm³/mol. The Balaban J connectivity index is 2.40. The zero-order valence-electron chi connectivity index (χ0n) is 11.6. The van der Waals surface area contributed by atoms with Crippen LogP contribution in [0.2, 0.25) is 0 Å². The zero-order valence-corrected chi connectivity index (χ0v) is 11.6. The summed E-state index contributed by atoms with van der Waals surface area (Å²) in [5.41, 5.74) is -0.472. The molecule has 0 bridgehead atoms. The molecular weight excluding hydrogens is 278 g/mol. The van der Waals surface area contributed by atoms with Crippen molar-refractivity contribution in [2.45, 2.75) is 32.2 Å². The number of piperidine rings is 1. The van der Waals surface area contributed by atoms with E-state index in [0.29, 0.717) is 12.8 Å². The Morgan fingerprint density at radius 3 is 2.57 bits per heavy atom. The molecule has 2 unspecified atom stereocenters. The van der Waals surface area contributed by atoms with Gasteiger partial charge in [-0.25, -0.2) is 13.6 Å². The molecule has 0 aromatic heterocycles. The molecule has 1 aliphatic heterocycles. The van der Waals surface area contributed by atoms with Crippen molar-refractivity contribution in [2.75, 3.05) is 11.4 Å². The molecule has 4 nitrogen and oxygen atoms in total. The van der Waals surface area contributed by atoms with Crippen LogP contribution in [0, 0.1) is 28.9 Å². The van der Waals surface area contributed by atoms with E-state index in [-0.39, 0.29) is 23.7 Å². The van der Waals surface area contributed by atoms with E-state index in [0.717, 1.165) is 18.6 Å². The van der Waals surface area contributed by atoms with Gasteiger partial charge in [-0.15, -0.1) is 0 Å². The molecule has 1 N–H and O–H groups in total. The number of carboxylic acids is 1. The Bertz CT molecular complexity index is 575. The van der Waals surface area contributed by atoms with Gasteiger partial charge in [-0.1, -0.05) is 13.3 Å². The third-order valence-electron chi connectivity index (χ3n) is 4.01. The number of benzene rings is 1. The molecule has 1 aliphatic rings. The van der Waals surface area contributed by atoms with Gasteiger partial charge < -0.3 is 10.0 Å². The molecule has 112 valence electrons. The molecule has 2 atom stereocenters. The number of nitriles is 1. The smallest absolute Gasteiger partial charge is 0.326 e. The molecule has 0 spiro atoms. The third kappa shape index (κ3) is 2.97. The van der Waals surface area contributed by atoms with Crippen LogP contribution in [0.25, 0.3) is 0 Å². The van der Waals surface area contributed by atoms with Crippen LogP contribution < -0.4 is 4.90 Å². The molecule has 1 fully saturated rings. The summed E-state index contributed by atoms with van der Waals surface area (Å²) in [7, 11) is 0. The van der Waals surface area contributed by atoms with E-state index in [1.165, 1.54) is 4.90 Å². The average molecular weight is 294 g/mol. The van der Waals surface area contributed by atoms with Crippen molar-refractivity contribution in [3.8, 4) is 6.07 Å². The second-order valence-corrected chi connectivity index (χ2v) is 5.25. The number of hydrogen-bond donors (Lipinski definition) is 1. The Morgan fingerprint density at radius 2 is 2.10 bits per heavy atom. The van der Waals surface area contributed by atoms with Gasteiger partial charge in [0.25, 0.3) is 0 Å². The molecule has 21 heavy (non-hydrogen) atoms. The maximum Gasteiger partial charge on any atom is 0.326 e. The van der Waals surface area contributed by atoms with Gasteiger partial charge in [0.1, 0.15) is 11.7 Å². The first-order chi connectivity index (χ1) is 9.97. The third-order valence-corrected chi connectivity index (χ3v) is 4.01. The standard InChI is InChI=1S/C15H16F2N2O2/c1-2-9-3-4-19(13(7-9)15(20)21)14-11(16)5-10(8-18)6-12(14)17/h5-6,9,13H,2-4,7H2,1H3,(H,20,21). The van der Waals surface area contributed by atoms with E-state index in [1.54, 1.807) is 6.07 Å². The van der Waals surface area contributed by atoms with Gasteiger partial charge >= 0.3 is 5.97 Å². The Labute approximate surface area is 121 Å². The first-order valence-electron chi connectivity index (χ1n) is 6.86. The number of carboxylic acid groups (broad SMARTS) is 1. The van der Waals surface area contributed by atoms with E-state index in [2.05, 4.69) is 0 Å². The lowest BCUT2D eigenvalue weighted by Gasteiger charge is -2.38. The molecular formula is C15H16F2N2O2. The highest BCUT2D eigenvalue weighted by molar-refractivity contribution is 5.79. The van der Waals surface area contributed by atoms with Crippen molar-refractivity contribution in [3.05, 3.63) is 29.3 Å². The lowest BCUT2D eigenvalue weighted by Crippen LogP contribution is -2.48. The second kappa shape index (κ2) is 6.08. The van der Waals surface area contributed by atoms with Crippen LogP contribution in [0.1, 0.15) is 31.7 Å². The number of rotatable bonds is 3. The van der Waals surface area contributed by atoms with Gasteiger partial charge in [-0.05, 0) is 30.9 Å². The normalized spacial score (nSPS) is 21.9. The first-order valence-corrected chi connectivity index (χ1v) is 6.86. The summed E-state index contributed by atoms with van der Waals surface area (Å²) >= 11 is 0. The molecule has 1 aromatic carbocycles. The second-order valence-electron chi connectivity index (χ2n) is 5.25. The minimum absolute atomic E-state index is 0.121. The van der Waals surface area contributed by atoms with E-state index >= 15 is 0 Å². The van der Waals surface area contributed by atoms with Gasteiger partial charge in [0.2, 0.25) is 0 Å². The van der Waals surface area contributed by atoms with Crippen molar-refractivity contribution in [1.82, 2.24) is 0 Å². The SMILES string of the molecule is CCC1CCN(c2c(F)cc(C#N)cc2F)C(C(=O)O)C1. The maximum atomic E-state index is 14.1. The lowest BCUT2D eigenvalue weighted by atomic mass is 9.88. The summed E-state index contributed by atoms with van der Waals surface area (Å²) in [6.07, 6.45) is 1.90. The Morgan fingerprint density at radius 1 is 1.48 bits per heavy atom. The maximum absolute atomic E-state index is 14.1. The summed E-state index contributed by atoms with van der Waals surface area (Å²) < 4.78 is 28.1. The van der Waals surface area contributed by atoms with Crippen LogP contribution in [0.3, 0.4) is 0 Å². The van der Waals surface area contributed by atoms with Gasteiger partial charge in [0, 0.05) is 6.54 Å². The quantitative estimate of drug-likeness (QED) is 0.931. The van der Waals surface area contributed by atoms with Crippen LogP contribution in [0.15, 0.2) is 12.1 Å². The fourth-order valence-electron chi connectivity index (χ4n) is 2.82. The fraction of sp³-hybridized carbons (Fsp3) is 0.467. The molecule has 6 heteroatoms. The van der Waals surface area contributed by atoms with E-state index in [4.69, 9.17) is 5.26 Å². The van der Waals surface area contributed by atoms with Crippen LogP contribution in [0.4, 0.5) is 14.5 Å². The van der Waals surface area contributed by atoms with E-state index in [1.807, 2.05) is 6.92 Å². The van der Waals surface area contributed by atoms with Crippen molar-refractivity contribution in [3.63, 3.8) is 0 Å². The van der Waals surface area contributed by atoms with Gasteiger partial charge in [-0.2, -0.15) is 5.26 Å². The Kier molecular flexibility index (Phi) is 4.41. The first kappa shape index (κ1) is 15.2. The van der Waals surface area contributed by atoms with Crippen molar-refractivity contribution < 1.29 is 18.7 Å². The summed E-state index contributed by atoms with van der Waals surface area (Å²) in [4.78, 5) is 12.7. The summed E-state index contributed by atoms with van der Waals surface area (Å²) in [5.74, 6) is -2.64.